The summed E-state index contributed by atoms with van der Waals surface area (Å²) in [5.74, 6) is 0. The molecule has 0 radical (unpaired) electrons. The molecule has 5 heteroatoms. The van der Waals surface area contributed by atoms with Crippen molar-refractivity contribution in [2.45, 2.75) is 58.7 Å². The molecule has 1 saturated heterocycles. The summed E-state index contributed by atoms with van der Waals surface area (Å²) < 4.78 is 1.77. The maximum absolute atomic E-state index is 6.38. The van der Waals surface area contributed by atoms with Gasteiger partial charge in [-0.05, 0) is 33.2 Å². The lowest BCUT2D eigenvalue weighted by molar-refractivity contribution is 0.193. The summed E-state index contributed by atoms with van der Waals surface area (Å²) >= 11 is 6.38. The van der Waals surface area contributed by atoms with Crippen molar-refractivity contribution in [3.63, 3.8) is 0 Å². The molecule has 1 aliphatic rings. The van der Waals surface area contributed by atoms with Gasteiger partial charge in [-0.3, -0.25) is 9.58 Å². The van der Waals surface area contributed by atoms with Crippen LogP contribution in [0.15, 0.2) is 0 Å². The Hall–Kier alpha value is -0.580. The third kappa shape index (κ3) is 3.54. The van der Waals surface area contributed by atoms with Crippen molar-refractivity contribution in [2.24, 2.45) is 7.05 Å². The molecule has 1 aliphatic heterocycles. The summed E-state index contributed by atoms with van der Waals surface area (Å²) in [7, 11) is 1.91. The average Bonchev–Trinajstić information content (AvgIpc) is 2.55. The van der Waals surface area contributed by atoms with E-state index in [2.05, 4.69) is 29.2 Å². The fraction of sp³-hybridized carbons (Fsp3) is 0.800. The number of nitrogens with one attached hydrogen (secondary N) is 1. The van der Waals surface area contributed by atoms with Crippen molar-refractivity contribution in [3.05, 3.63) is 16.4 Å². The van der Waals surface area contributed by atoms with Crippen LogP contribution in [0.5, 0.6) is 0 Å². The summed E-state index contributed by atoms with van der Waals surface area (Å²) in [4.78, 5) is 2.55. The predicted molar refractivity (Wildman–Crippen MR) is 84.1 cm³/mol. The Morgan fingerprint density at radius 3 is 2.80 bits per heavy atom. The van der Waals surface area contributed by atoms with E-state index in [-0.39, 0.29) is 0 Å². The molecule has 2 atom stereocenters. The first-order valence-electron chi connectivity index (χ1n) is 7.68. The van der Waals surface area contributed by atoms with Crippen molar-refractivity contribution in [3.8, 4) is 0 Å². The Morgan fingerprint density at radius 1 is 1.45 bits per heavy atom. The highest BCUT2D eigenvalue weighted by Gasteiger charge is 2.24. The first kappa shape index (κ1) is 15.8. The maximum atomic E-state index is 6.38. The molecular formula is C15H27ClN4. The van der Waals surface area contributed by atoms with E-state index in [0.717, 1.165) is 30.5 Å². The minimum absolute atomic E-state index is 0.583. The van der Waals surface area contributed by atoms with Crippen LogP contribution in [0.3, 0.4) is 0 Å². The second-order valence-corrected chi connectivity index (χ2v) is 6.34. The minimum atomic E-state index is 0.583. The van der Waals surface area contributed by atoms with Crippen molar-refractivity contribution in [1.29, 1.82) is 0 Å². The summed E-state index contributed by atoms with van der Waals surface area (Å²) in [5.41, 5.74) is 2.23. The molecule has 0 aromatic carbocycles. The topological polar surface area (TPSA) is 33.1 Å². The smallest absolute Gasteiger partial charge is 0.131 e. The second kappa shape index (κ2) is 6.92. The van der Waals surface area contributed by atoms with E-state index in [1.807, 2.05) is 14.0 Å². The van der Waals surface area contributed by atoms with Gasteiger partial charge in [0.25, 0.3) is 0 Å². The molecule has 2 unspecified atom stereocenters. The third-order valence-corrected chi connectivity index (χ3v) is 4.81. The third-order valence-electron chi connectivity index (χ3n) is 4.34. The molecular weight excluding hydrogens is 272 g/mol. The Labute approximate surface area is 127 Å². The van der Waals surface area contributed by atoms with Crippen molar-refractivity contribution in [1.82, 2.24) is 20.0 Å². The van der Waals surface area contributed by atoms with Gasteiger partial charge in [0.15, 0.2) is 0 Å². The van der Waals surface area contributed by atoms with Gasteiger partial charge in [-0.2, -0.15) is 5.10 Å². The van der Waals surface area contributed by atoms with Crippen LogP contribution in [0.1, 0.15) is 44.4 Å². The summed E-state index contributed by atoms with van der Waals surface area (Å²) in [6.07, 6.45) is 3.66. The average molecular weight is 299 g/mol. The normalized spacial score (nSPS) is 24.9. The van der Waals surface area contributed by atoms with Crippen LogP contribution in [0.2, 0.25) is 5.15 Å². The highest BCUT2D eigenvalue weighted by molar-refractivity contribution is 6.30. The van der Waals surface area contributed by atoms with Crippen LogP contribution in [-0.4, -0.2) is 39.9 Å². The summed E-state index contributed by atoms with van der Waals surface area (Å²) in [5, 5.41) is 8.87. The highest BCUT2D eigenvalue weighted by Crippen LogP contribution is 2.23. The fourth-order valence-electron chi connectivity index (χ4n) is 3.03. The molecule has 0 bridgehead atoms. The minimum Gasteiger partial charge on any atom is -0.313 e. The highest BCUT2D eigenvalue weighted by atomic mass is 35.5. The van der Waals surface area contributed by atoms with Gasteiger partial charge in [0.1, 0.15) is 5.15 Å². The van der Waals surface area contributed by atoms with Crippen molar-refractivity contribution < 1.29 is 0 Å². The SMILES string of the molecule is CCCC1CN(Cc2c(C)nn(C)c2Cl)C(C)CCN1. The van der Waals surface area contributed by atoms with E-state index in [1.165, 1.54) is 24.8 Å². The van der Waals surface area contributed by atoms with Gasteiger partial charge in [0, 0.05) is 37.8 Å². The zero-order valence-electron chi connectivity index (χ0n) is 13.1. The number of nitrogens with zero attached hydrogens (tertiary/aromatic N) is 3. The maximum Gasteiger partial charge on any atom is 0.131 e. The zero-order chi connectivity index (χ0) is 14.7. The molecule has 1 N–H and O–H groups in total. The largest absolute Gasteiger partial charge is 0.313 e. The lowest BCUT2D eigenvalue weighted by atomic mass is 10.1. The Kier molecular flexibility index (Phi) is 5.47. The number of rotatable bonds is 4. The van der Waals surface area contributed by atoms with Gasteiger partial charge in [0.2, 0.25) is 0 Å². The Bertz CT molecular complexity index is 443. The van der Waals surface area contributed by atoms with Gasteiger partial charge >= 0.3 is 0 Å². The number of halogens is 1. The van der Waals surface area contributed by atoms with Gasteiger partial charge in [-0.1, -0.05) is 24.9 Å². The monoisotopic (exact) mass is 298 g/mol. The van der Waals surface area contributed by atoms with Crippen LogP contribution in [0.25, 0.3) is 0 Å². The molecule has 4 nitrogen and oxygen atoms in total. The van der Waals surface area contributed by atoms with Crippen LogP contribution >= 0.6 is 11.6 Å². The van der Waals surface area contributed by atoms with Crippen molar-refractivity contribution >= 4 is 11.6 Å². The van der Waals surface area contributed by atoms with Gasteiger partial charge in [-0.25, -0.2) is 0 Å². The number of aryl methyl sites for hydroxylation is 2. The standard InChI is InChI=1S/C15H27ClN4/c1-5-6-13-9-20(11(2)7-8-17-13)10-14-12(3)18-19(4)15(14)16/h11,13,17H,5-10H2,1-4H3. The van der Waals surface area contributed by atoms with Crippen molar-refractivity contribution in [2.75, 3.05) is 13.1 Å². The van der Waals surface area contributed by atoms with E-state index in [9.17, 15) is 0 Å². The zero-order valence-corrected chi connectivity index (χ0v) is 13.9. The van der Waals surface area contributed by atoms with E-state index in [0.29, 0.717) is 12.1 Å². The second-order valence-electron chi connectivity index (χ2n) is 5.99. The molecule has 1 aromatic heterocycles. The predicted octanol–water partition coefficient (Wildman–Crippen LogP) is 2.73. The van der Waals surface area contributed by atoms with Gasteiger partial charge in [-0.15, -0.1) is 0 Å². The molecule has 20 heavy (non-hydrogen) atoms. The fourth-order valence-corrected chi connectivity index (χ4v) is 3.26. The molecule has 0 saturated carbocycles. The van der Waals surface area contributed by atoms with E-state index in [1.54, 1.807) is 4.68 Å². The molecule has 0 amide bonds. The molecule has 1 fully saturated rings. The number of hydrogen-bond donors (Lipinski definition) is 1. The van der Waals surface area contributed by atoms with E-state index in [4.69, 9.17) is 11.6 Å². The molecule has 114 valence electrons. The summed E-state index contributed by atoms with van der Waals surface area (Å²) in [6, 6.07) is 1.18. The first-order chi connectivity index (χ1) is 9.52. The first-order valence-corrected chi connectivity index (χ1v) is 8.06. The molecule has 0 spiro atoms. The van der Waals surface area contributed by atoms with E-state index < -0.39 is 0 Å². The van der Waals surface area contributed by atoms with Crippen LogP contribution in [0.4, 0.5) is 0 Å². The number of hydrogen-bond acceptors (Lipinski definition) is 3. The van der Waals surface area contributed by atoms with Crippen LogP contribution < -0.4 is 5.32 Å². The van der Waals surface area contributed by atoms with Crippen LogP contribution in [0, 0.1) is 6.92 Å². The Balaban J connectivity index is 2.12. The lowest BCUT2D eigenvalue weighted by Crippen LogP contribution is -2.39. The molecule has 1 aromatic rings. The van der Waals surface area contributed by atoms with E-state index >= 15 is 0 Å². The number of aromatic nitrogens is 2. The molecule has 2 rings (SSSR count). The molecule has 0 aliphatic carbocycles. The summed E-state index contributed by atoms with van der Waals surface area (Å²) in [6.45, 7) is 9.73. The molecule has 2 heterocycles. The quantitative estimate of drug-likeness (QED) is 0.928. The lowest BCUT2D eigenvalue weighted by Gasteiger charge is -2.29. The van der Waals surface area contributed by atoms with Crippen LogP contribution in [-0.2, 0) is 13.6 Å². The van der Waals surface area contributed by atoms with Gasteiger partial charge in [0.05, 0.1) is 5.69 Å². The van der Waals surface area contributed by atoms with Gasteiger partial charge < -0.3 is 5.32 Å². The Morgan fingerprint density at radius 2 is 2.20 bits per heavy atom.